The van der Waals surface area contributed by atoms with Gasteiger partial charge in [0.25, 0.3) is 5.91 Å². The molecule has 1 atom stereocenters. The zero-order valence-electron chi connectivity index (χ0n) is 15.0. The molecule has 1 fully saturated rings. The van der Waals surface area contributed by atoms with E-state index in [1.54, 1.807) is 22.2 Å². The van der Waals surface area contributed by atoms with Crippen LogP contribution >= 0.6 is 11.3 Å². The summed E-state index contributed by atoms with van der Waals surface area (Å²) in [5.74, 6) is 0.830. The lowest BCUT2D eigenvalue weighted by Crippen LogP contribution is -2.37. The molecule has 28 heavy (non-hydrogen) atoms. The van der Waals surface area contributed by atoms with E-state index in [-0.39, 0.29) is 11.9 Å². The third-order valence-corrected chi connectivity index (χ3v) is 5.87. The number of nitrogens with zero attached hydrogens (tertiary/aromatic N) is 5. The molecule has 8 heteroatoms. The molecule has 1 unspecified atom stereocenters. The van der Waals surface area contributed by atoms with Gasteiger partial charge in [-0.3, -0.25) is 4.79 Å². The highest BCUT2D eigenvalue weighted by Gasteiger charge is 2.25. The highest BCUT2D eigenvalue weighted by Crippen LogP contribution is 2.25. The van der Waals surface area contributed by atoms with Crippen molar-refractivity contribution in [2.45, 2.75) is 12.5 Å². The van der Waals surface area contributed by atoms with Gasteiger partial charge in [0, 0.05) is 29.6 Å². The summed E-state index contributed by atoms with van der Waals surface area (Å²) in [4.78, 5) is 16.0. The van der Waals surface area contributed by atoms with Crippen LogP contribution in [-0.4, -0.2) is 44.8 Å². The van der Waals surface area contributed by atoms with Gasteiger partial charge in [-0.2, -0.15) is 4.52 Å². The van der Waals surface area contributed by atoms with Crippen molar-refractivity contribution in [3.05, 3.63) is 65.8 Å². The Morgan fingerprint density at radius 1 is 1.14 bits per heavy atom. The second-order valence-electron chi connectivity index (χ2n) is 6.78. The molecular weight excluding hydrogens is 372 g/mol. The van der Waals surface area contributed by atoms with Crippen molar-refractivity contribution in [2.24, 2.45) is 0 Å². The number of aromatic nitrogens is 4. The maximum atomic E-state index is 12.6. The van der Waals surface area contributed by atoms with E-state index in [1.807, 2.05) is 42.5 Å². The van der Waals surface area contributed by atoms with E-state index >= 15 is 0 Å². The molecule has 1 aliphatic rings. The highest BCUT2D eigenvalue weighted by molar-refractivity contribution is 7.13. The number of rotatable bonds is 4. The number of nitrogens with one attached hydrogen (secondary N) is 1. The molecule has 4 aromatic rings. The minimum atomic E-state index is -0.0354. The zero-order chi connectivity index (χ0) is 18.9. The standard InChI is InChI=1S/C20H18N6OS/c27-20(15-5-3-14(4-6-15)17-2-1-11-28-17)22-16-9-10-25(12-16)19-8-7-18-23-21-13-26(18)24-19/h1-8,11,13,16H,9-10,12H2,(H,22,27). The molecule has 1 saturated heterocycles. The van der Waals surface area contributed by atoms with Crippen molar-refractivity contribution in [3.8, 4) is 10.4 Å². The molecule has 1 aliphatic heterocycles. The highest BCUT2D eigenvalue weighted by atomic mass is 32.1. The Labute approximate surface area is 165 Å². The maximum Gasteiger partial charge on any atom is 0.251 e. The fraction of sp³-hybridized carbons (Fsp3) is 0.200. The predicted molar refractivity (Wildman–Crippen MR) is 109 cm³/mol. The summed E-state index contributed by atoms with van der Waals surface area (Å²) < 4.78 is 1.66. The third-order valence-electron chi connectivity index (χ3n) is 4.95. The van der Waals surface area contributed by atoms with Gasteiger partial charge in [-0.15, -0.1) is 26.6 Å². The lowest BCUT2D eigenvalue weighted by atomic mass is 10.1. The lowest BCUT2D eigenvalue weighted by molar-refractivity contribution is 0.0940. The molecule has 0 spiro atoms. The van der Waals surface area contributed by atoms with Gasteiger partial charge in [-0.25, -0.2) is 0 Å². The first-order valence-electron chi connectivity index (χ1n) is 9.13. The van der Waals surface area contributed by atoms with Gasteiger partial charge in [0.2, 0.25) is 0 Å². The Balaban J connectivity index is 1.23. The van der Waals surface area contributed by atoms with Crippen molar-refractivity contribution in [3.63, 3.8) is 0 Å². The van der Waals surface area contributed by atoms with E-state index in [1.165, 1.54) is 4.88 Å². The van der Waals surface area contributed by atoms with Crippen LogP contribution in [0.15, 0.2) is 60.2 Å². The summed E-state index contributed by atoms with van der Waals surface area (Å²) in [6.45, 7) is 1.59. The first-order valence-corrected chi connectivity index (χ1v) is 10.0. The Kier molecular flexibility index (Phi) is 4.25. The fourth-order valence-corrected chi connectivity index (χ4v) is 4.20. The molecule has 0 saturated carbocycles. The summed E-state index contributed by atoms with van der Waals surface area (Å²) in [6, 6.07) is 15.8. The van der Waals surface area contributed by atoms with Gasteiger partial charge in [0.1, 0.15) is 12.1 Å². The van der Waals surface area contributed by atoms with Gasteiger partial charge in [-0.05, 0) is 47.7 Å². The second-order valence-corrected chi connectivity index (χ2v) is 7.73. The molecule has 4 heterocycles. The van der Waals surface area contributed by atoms with Gasteiger partial charge in [0.05, 0.1) is 0 Å². The fourth-order valence-electron chi connectivity index (χ4n) is 3.47. The Hall–Kier alpha value is -3.26. The number of benzene rings is 1. The summed E-state index contributed by atoms with van der Waals surface area (Å²) in [7, 11) is 0. The molecule has 0 radical (unpaired) electrons. The van der Waals surface area contributed by atoms with E-state index in [2.05, 4.69) is 37.0 Å². The lowest BCUT2D eigenvalue weighted by Gasteiger charge is -2.17. The number of anilines is 1. The van der Waals surface area contributed by atoms with E-state index in [9.17, 15) is 4.79 Å². The van der Waals surface area contributed by atoms with E-state index < -0.39 is 0 Å². The molecular formula is C20H18N6OS. The van der Waals surface area contributed by atoms with Gasteiger partial charge < -0.3 is 10.2 Å². The van der Waals surface area contributed by atoms with Crippen LogP contribution in [0.5, 0.6) is 0 Å². The molecule has 1 N–H and O–H groups in total. The minimum Gasteiger partial charge on any atom is -0.353 e. The molecule has 3 aromatic heterocycles. The minimum absolute atomic E-state index is 0.0354. The molecule has 1 amide bonds. The van der Waals surface area contributed by atoms with Gasteiger partial charge in [0.15, 0.2) is 5.65 Å². The van der Waals surface area contributed by atoms with Crippen molar-refractivity contribution in [1.82, 2.24) is 25.1 Å². The van der Waals surface area contributed by atoms with Crippen LogP contribution in [0.1, 0.15) is 16.8 Å². The smallest absolute Gasteiger partial charge is 0.251 e. The summed E-state index contributed by atoms with van der Waals surface area (Å²) >= 11 is 1.69. The first-order chi connectivity index (χ1) is 13.8. The van der Waals surface area contributed by atoms with Gasteiger partial charge >= 0.3 is 0 Å². The van der Waals surface area contributed by atoms with Crippen LogP contribution in [0.2, 0.25) is 0 Å². The van der Waals surface area contributed by atoms with Gasteiger partial charge in [-0.1, -0.05) is 18.2 Å². The number of hydrogen-bond donors (Lipinski definition) is 1. The number of amides is 1. The molecule has 5 rings (SSSR count). The predicted octanol–water partition coefficient (Wildman–Crippen LogP) is 2.86. The van der Waals surface area contributed by atoms with E-state index in [0.29, 0.717) is 5.56 Å². The number of hydrogen-bond acceptors (Lipinski definition) is 6. The monoisotopic (exact) mass is 390 g/mol. The summed E-state index contributed by atoms with van der Waals surface area (Å²) in [5, 5.41) is 17.6. The normalized spacial score (nSPS) is 16.6. The Morgan fingerprint density at radius 3 is 2.86 bits per heavy atom. The Bertz CT molecular complexity index is 1110. The summed E-state index contributed by atoms with van der Waals surface area (Å²) in [5.41, 5.74) is 2.54. The second kappa shape index (κ2) is 7.05. The Morgan fingerprint density at radius 2 is 2.04 bits per heavy atom. The van der Waals surface area contributed by atoms with Crippen molar-refractivity contribution in [2.75, 3.05) is 18.0 Å². The number of carbonyl (C=O) groups excluding carboxylic acids is 1. The van der Waals surface area contributed by atoms with Crippen LogP contribution in [0, 0.1) is 0 Å². The van der Waals surface area contributed by atoms with Crippen molar-refractivity contribution >= 4 is 28.7 Å². The van der Waals surface area contributed by atoms with Crippen LogP contribution in [0.3, 0.4) is 0 Å². The van der Waals surface area contributed by atoms with Crippen LogP contribution in [0.4, 0.5) is 5.82 Å². The zero-order valence-corrected chi connectivity index (χ0v) is 15.8. The van der Waals surface area contributed by atoms with E-state index in [0.717, 1.165) is 36.5 Å². The van der Waals surface area contributed by atoms with Crippen molar-refractivity contribution < 1.29 is 4.79 Å². The molecule has 0 bridgehead atoms. The largest absolute Gasteiger partial charge is 0.353 e. The SMILES string of the molecule is O=C(NC1CCN(c2ccc3nncn3n2)C1)c1ccc(-c2cccs2)cc1. The average Bonchev–Trinajstić information content (AvgIpc) is 3.48. The van der Waals surface area contributed by atoms with Crippen molar-refractivity contribution in [1.29, 1.82) is 0 Å². The maximum absolute atomic E-state index is 12.6. The quantitative estimate of drug-likeness (QED) is 0.580. The van der Waals surface area contributed by atoms with Crippen LogP contribution < -0.4 is 10.2 Å². The van der Waals surface area contributed by atoms with E-state index in [4.69, 9.17) is 0 Å². The molecule has 1 aromatic carbocycles. The van der Waals surface area contributed by atoms with Crippen LogP contribution in [-0.2, 0) is 0 Å². The topological polar surface area (TPSA) is 75.4 Å². The van der Waals surface area contributed by atoms with Crippen LogP contribution in [0.25, 0.3) is 16.1 Å². The number of fused-ring (bicyclic) bond motifs is 1. The molecule has 0 aliphatic carbocycles. The number of thiophene rings is 1. The number of carbonyl (C=O) groups is 1. The first kappa shape index (κ1) is 16.9. The average molecular weight is 390 g/mol. The third kappa shape index (κ3) is 3.22. The molecule has 140 valence electrons. The summed E-state index contributed by atoms with van der Waals surface area (Å²) in [6.07, 6.45) is 2.48. The molecule has 7 nitrogen and oxygen atoms in total.